The predicted octanol–water partition coefficient (Wildman–Crippen LogP) is 0.854. The number of rotatable bonds is 4. The van der Waals surface area contributed by atoms with Crippen LogP contribution in [0.4, 0.5) is 5.82 Å². The van der Waals surface area contributed by atoms with Gasteiger partial charge in [-0.1, -0.05) is 11.6 Å². The Morgan fingerprint density at radius 3 is 2.73 bits per heavy atom. The van der Waals surface area contributed by atoms with Crippen molar-refractivity contribution >= 4 is 33.3 Å². The number of nitrogens with zero attached hydrogens (tertiary/aromatic N) is 2. The molecule has 3 N–H and O–H groups in total. The summed E-state index contributed by atoms with van der Waals surface area (Å²) in [4.78, 5) is 16.7. The van der Waals surface area contributed by atoms with Gasteiger partial charge in [-0.3, -0.25) is 4.79 Å². The smallest absolute Gasteiger partial charge is 0.244 e. The Labute approximate surface area is 134 Å². The van der Waals surface area contributed by atoms with Crippen LogP contribution >= 0.6 is 11.6 Å². The van der Waals surface area contributed by atoms with E-state index in [9.17, 15) is 13.2 Å². The zero-order chi connectivity index (χ0) is 16.3. The van der Waals surface area contributed by atoms with E-state index in [1.165, 1.54) is 19.2 Å². The normalized spacial score (nSPS) is 16.7. The minimum atomic E-state index is -3.75. The first-order valence-electron chi connectivity index (χ1n) is 6.96. The fraction of sp³-hybridized carbons (Fsp3) is 0.538. The van der Waals surface area contributed by atoms with Crippen LogP contribution in [0.25, 0.3) is 0 Å². The van der Waals surface area contributed by atoms with E-state index in [4.69, 9.17) is 17.3 Å². The van der Waals surface area contributed by atoms with Crippen molar-refractivity contribution in [2.24, 2.45) is 5.92 Å². The van der Waals surface area contributed by atoms with Crippen molar-refractivity contribution in [2.45, 2.75) is 24.7 Å². The van der Waals surface area contributed by atoms with Crippen LogP contribution in [0, 0.1) is 5.92 Å². The number of carbonyl (C=O) groups excluding carboxylic acids is 1. The maximum Gasteiger partial charge on any atom is 0.244 e. The minimum absolute atomic E-state index is 0.0526. The molecule has 1 fully saturated rings. The van der Waals surface area contributed by atoms with E-state index in [1.807, 2.05) is 0 Å². The van der Waals surface area contributed by atoms with Crippen LogP contribution in [0.2, 0.25) is 5.02 Å². The molecule has 0 bridgehead atoms. The van der Waals surface area contributed by atoms with E-state index in [0.717, 1.165) is 12.8 Å². The van der Waals surface area contributed by atoms with Crippen molar-refractivity contribution in [2.75, 3.05) is 25.4 Å². The van der Waals surface area contributed by atoms with Gasteiger partial charge in [0.05, 0.1) is 5.02 Å². The lowest BCUT2D eigenvalue weighted by atomic mass is 9.97. The van der Waals surface area contributed by atoms with Crippen molar-refractivity contribution in [3.8, 4) is 0 Å². The number of pyridine rings is 1. The first kappa shape index (κ1) is 17.0. The third-order valence-electron chi connectivity index (χ3n) is 3.76. The Bertz CT molecular complexity index is 657. The number of likely N-dealkylation sites (tertiary alicyclic amines) is 1. The topological polar surface area (TPSA) is 105 Å². The van der Waals surface area contributed by atoms with Gasteiger partial charge in [0, 0.05) is 32.8 Å². The molecule has 0 saturated carbocycles. The van der Waals surface area contributed by atoms with E-state index >= 15 is 0 Å². The number of piperidine rings is 1. The second-order valence-electron chi connectivity index (χ2n) is 5.34. The van der Waals surface area contributed by atoms with Gasteiger partial charge in [-0.05, 0) is 24.8 Å². The molecule has 9 heteroatoms. The maximum absolute atomic E-state index is 12.3. The molecule has 1 aromatic heterocycles. The van der Waals surface area contributed by atoms with Gasteiger partial charge in [-0.15, -0.1) is 0 Å². The van der Waals surface area contributed by atoms with Crippen LogP contribution in [0.5, 0.6) is 0 Å². The average Bonchev–Trinajstić information content (AvgIpc) is 2.48. The summed E-state index contributed by atoms with van der Waals surface area (Å²) in [7, 11) is -3.75. The van der Waals surface area contributed by atoms with Gasteiger partial charge in [0.2, 0.25) is 15.9 Å². The number of carbonyl (C=O) groups is 1. The highest BCUT2D eigenvalue weighted by Gasteiger charge is 2.24. The lowest BCUT2D eigenvalue weighted by Crippen LogP contribution is -2.40. The number of nitrogens with one attached hydrogen (secondary N) is 1. The molecule has 0 radical (unpaired) electrons. The largest absolute Gasteiger partial charge is 0.383 e. The molecule has 122 valence electrons. The summed E-state index contributed by atoms with van der Waals surface area (Å²) in [6.45, 7) is 3.16. The molecular formula is C13H19ClN4O3S. The summed E-state index contributed by atoms with van der Waals surface area (Å²) in [5, 5.41) is 0.212. The quantitative estimate of drug-likeness (QED) is 0.841. The summed E-state index contributed by atoms with van der Waals surface area (Å²) in [5.74, 6) is 0.166. The van der Waals surface area contributed by atoms with Gasteiger partial charge >= 0.3 is 0 Å². The van der Waals surface area contributed by atoms with Crippen LogP contribution in [-0.4, -0.2) is 43.8 Å². The lowest BCUT2D eigenvalue weighted by molar-refractivity contribution is -0.130. The van der Waals surface area contributed by atoms with Crippen LogP contribution in [-0.2, 0) is 14.8 Å². The molecule has 0 atom stereocenters. The van der Waals surface area contributed by atoms with Crippen molar-refractivity contribution in [3.05, 3.63) is 17.3 Å². The van der Waals surface area contributed by atoms with Crippen molar-refractivity contribution in [1.82, 2.24) is 14.6 Å². The molecule has 0 aromatic carbocycles. The van der Waals surface area contributed by atoms with Crippen LogP contribution in [0.15, 0.2) is 17.2 Å². The fourth-order valence-corrected chi connectivity index (χ4v) is 3.85. The molecule has 1 aromatic rings. The number of hydrogen-bond donors (Lipinski definition) is 2. The number of amides is 1. The third-order valence-corrected chi connectivity index (χ3v) is 5.42. The van der Waals surface area contributed by atoms with E-state index < -0.39 is 10.0 Å². The summed E-state index contributed by atoms with van der Waals surface area (Å²) in [6.07, 6.45) is 2.84. The molecule has 1 saturated heterocycles. The van der Waals surface area contributed by atoms with Crippen LogP contribution in [0.1, 0.15) is 19.8 Å². The summed E-state index contributed by atoms with van der Waals surface area (Å²) in [5.41, 5.74) is 5.60. The molecule has 1 aliphatic rings. The van der Waals surface area contributed by atoms with Gasteiger partial charge in [0.15, 0.2) is 0 Å². The van der Waals surface area contributed by atoms with Crippen LogP contribution in [0.3, 0.4) is 0 Å². The Morgan fingerprint density at radius 2 is 2.14 bits per heavy atom. The number of hydrogen-bond acceptors (Lipinski definition) is 5. The third kappa shape index (κ3) is 4.08. The van der Waals surface area contributed by atoms with E-state index in [1.54, 1.807) is 4.90 Å². The molecule has 2 heterocycles. The van der Waals surface area contributed by atoms with Crippen LogP contribution < -0.4 is 10.5 Å². The molecule has 0 aliphatic carbocycles. The molecule has 0 unspecified atom stereocenters. The highest BCUT2D eigenvalue weighted by atomic mass is 35.5. The second kappa shape index (κ2) is 6.80. The highest BCUT2D eigenvalue weighted by Crippen LogP contribution is 2.21. The zero-order valence-electron chi connectivity index (χ0n) is 12.3. The number of anilines is 1. The molecule has 1 aliphatic heterocycles. The zero-order valence-corrected chi connectivity index (χ0v) is 13.8. The highest BCUT2D eigenvalue weighted by molar-refractivity contribution is 7.89. The molecular weight excluding hydrogens is 328 g/mol. The molecule has 2 rings (SSSR count). The first-order valence-corrected chi connectivity index (χ1v) is 8.82. The Balaban J connectivity index is 1.96. The Morgan fingerprint density at radius 1 is 1.50 bits per heavy atom. The lowest BCUT2D eigenvalue weighted by Gasteiger charge is -2.31. The number of nitrogen functional groups attached to an aromatic ring is 1. The molecule has 1 amide bonds. The van der Waals surface area contributed by atoms with Gasteiger partial charge in [0.25, 0.3) is 0 Å². The van der Waals surface area contributed by atoms with Gasteiger partial charge < -0.3 is 10.6 Å². The fourth-order valence-electron chi connectivity index (χ4n) is 2.40. The van der Waals surface area contributed by atoms with Gasteiger partial charge in [-0.25, -0.2) is 18.1 Å². The monoisotopic (exact) mass is 346 g/mol. The van der Waals surface area contributed by atoms with E-state index in [-0.39, 0.29) is 27.6 Å². The van der Waals surface area contributed by atoms with Gasteiger partial charge in [-0.2, -0.15) is 0 Å². The Kier molecular flexibility index (Phi) is 5.25. The maximum atomic E-state index is 12.3. The molecule has 7 nitrogen and oxygen atoms in total. The van der Waals surface area contributed by atoms with Crippen molar-refractivity contribution < 1.29 is 13.2 Å². The average molecular weight is 347 g/mol. The minimum Gasteiger partial charge on any atom is -0.383 e. The SMILES string of the molecule is CC(=O)N1CCC(CNS(=O)(=O)c2cc(Cl)cnc2N)CC1. The summed E-state index contributed by atoms with van der Waals surface area (Å²) in [6, 6.07) is 1.28. The molecule has 0 spiro atoms. The van der Waals surface area contributed by atoms with Crippen molar-refractivity contribution in [3.63, 3.8) is 0 Å². The number of nitrogens with two attached hydrogens (primary N) is 1. The predicted molar refractivity (Wildman–Crippen MR) is 83.8 cm³/mol. The van der Waals surface area contributed by atoms with Crippen molar-refractivity contribution in [1.29, 1.82) is 0 Å². The summed E-state index contributed by atoms with van der Waals surface area (Å²) >= 11 is 5.77. The number of halogens is 1. The van der Waals surface area contributed by atoms with E-state index in [0.29, 0.717) is 19.6 Å². The summed E-state index contributed by atoms with van der Waals surface area (Å²) < 4.78 is 27.1. The van der Waals surface area contributed by atoms with E-state index in [2.05, 4.69) is 9.71 Å². The number of aromatic nitrogens is 1. The van der Waals surface area contributed by atoms with Gasteiger partial charge in [0.1, 0.15) is 10.7 Å². The first-order chi connectivity index (χ1) is 10.3. The standard InChI is InChI=1S/C13H19ClN4O3S/c1-9(19)18-4-2-10(3-5-18)7-17-22(20,21)12-6-11(14)8-16-13(12)15/h6,8,10,17H,2-5,7H2,1H3,(H2,15,16). The second-order valence-corrected chi connectivity index (χ2v) is 7.51. The molecule has 22 heavy (non-hydrogen) atoms. The Hall–Kier alpha value is -1.38. The number of sulfonamides is 1.